The second kappa shape index (κ2) is 11.7. The molecule has 0 aliphatic heterocycles. The van der Waals surface area contributed by atoms with Crippen molar-refractivity contribution in [3.63, 3.8) is 0 Å². The highest BCUT2D eigenvalue weighted by Crippen LogP contribution is 2.08. The molecule has 2 aromatic carbocycles. The average Bonchev–Trinajstić information content (AvgIpc) is 3.28. The molecule has 29 heavy (non-hydrogen) atoms. The zero-order valence-corrected chi connectivity index (χ0v) is 16.9. The number of aryl methyl sites for hydroxylation is 1. The number of guanidine groups is 1. The van der Waals surface area contributed by atoms with E-state index in [1.54, 1.807) is 13.2 Å². The summed E-state index contributed by atoms with van der Waals surface area (Å²) >= 11 is 0. The van der Waals surface area contributed by atoms with Crippen LogP contribution in [0.15, 0.2) is 78.0 Å². The van der Waals surface area contributed by atoms with E-state index in [9.17, 15) is 0 Å². The summed E-state index contributed by atoms with van der Waals surface area (Å²) in [6.07, 6.45) is 4.76. The van der Waals surface area contributed by atoms with Gasteiger partial charge in [0.1, 0.15) is 0 Å². The topological polar surface area (TPSA) is 63.5 Å². The van der Waals surface area contributed by atoms with Gasteiger partial charge in [0.2, 0.25) is 0 Å². The third-order valence-electron chi connectivity index (χ3n) is 4.50. The molecule has 0 fully saturated rings. The van der Waals surface area contributed by atoms with Crippen molar-refractivity contribution in [3.05, 3.63) is 89.7 Å². The summed E-state index contributed by atoms with van der Waals surface area (Å²) in [5.74, 6) is 0.806. The number of aliphatic imine (C=N–C) groups is 1. The predicted octanol–water partition coefficient (Wildman–Crippen LogP) is 3.36. The molecule has 2 N–H and O–H groups in total. The molecule has 0 aliphatic rings. The second-order valence-electron chi connectivity index (χ2n) is 6.77. The summed E-state index contributed by atoms with van der Waals surface area (Å²) in [6.45, 7) is 3.71. The molecule has 0 saturated carbocycles. The fraction of sp³-hybridized carbons (Fsp3) is 0.304. The van der Waals surface area contributed by atoms with Crippen LogP contribution >= 0.6 is 0 Å². The number of hydrogen-bond acceptors (Lipinski definition) is 3. The molecule has 1 aromatic heterocycles. The van der Waals surface area contributed by atoms with E-state index in [0.29, 0.717) is 13.2 Å². The quantitative estimate of drug-likeness (QED) is 0.316. The van der Waals surface area contributed by atoms with Gasteiger partial charge in [0.25, 0.3) is 0 Å². The number of ether oxygens (including phenoxy) is 1. The molecule has 152 valence electrons. The van der Waals surface area contributed by atoms with Gasteiger partial charge in [-0.15, -0.1) is 0 Å². The van der Waals surface area contributed by atoms with Gasteiger partial charge in [0, 0.05) is 39.1 Å². The maximum absolute atomic E-state index is 5.79. The molecular weight excluding hydrogens is 362 g/mol. The Morgan fingerprint density at radius 2 is 1.66 bits per heavy atom. The molecule has 1 heterocycles. The number of benzene rings is 2. The van der Waals surface area contributed by atoms with Gasteiger partial charge in [-0.05, 0) is 29.2 Å². The first-order valence-electron chi connectivity index (χ1n) is 9.95. The van der Waals surface area contributed by atoms with E-state index >= 15 is 0 Å². The van der Waals surface area contributed by atoms with Crippen LogP contribution < -0.4 is 10.6 Å². The first-order valence-corrected chi connectivity index (χ1v) is 9.95. The average molecular weight is 392 g/mol. The fourth-order valence-corrected chi connectivity index (χ4v) is 2.90. The van der Waals surface area contributed by atoms with Crippen LogP contribution in [-0.4, -0.2) is 29.3 Å². The molecule has 3 rings (SSSR count). The van der Waals surface area contributed by atoms with Crippen molar-refractivity contribution in [1.82, 2.24) is 20.4 Å². The maximum Gasteiger partial charge on any atom is 0.191 e. The smallest absolute Gasteiger partial charge is 0.191 e. The molecule has 0 atom stereocenters. The second-order valence-corrected chi connectivity index (χ2v) is 6.77. The zero-order chi connectivity index (χ0) is 20.2. The van der Waals surface area contributed by atoms with E-state index in [-0.39, 0.29) is 0 Å². The first kappa shape index (κ1) is 20.6. The lowest BCUT2D eigenvalue weighted by atomic mass is 10.1. The predicted molar refractivity (Wildman–Crippen MR) is 116 cm³/mol. The molecule has 0 saturated heterocycles. The summed E-state index contributed by atoms with van der Waals surface area (Å²) < 4.78 is 7.73. The largest absolute Gasteiger partial charge is 0.372 e. The van der Waals surface area contributed by atoms with Crippen LogP contribution in [0.4, 0.5) is 0 Å². The monoisotopic (exact) mass is 391 g/mol. The van der Waals surface area contributed by atoms with E-state index in [2.05, 4.69) is 57.1 Å². The van der Waals surface area contributed by atoms with Crippen LogP contribution in [0, 0.1) is 0 Å². The van der Waals surface area contributed by atoms with Crippen molar-refractivity contribution in [2.24, 2.45) is 4.99 Å². The Morgan fingerprint density at radius 3 is 2.34 bits per heavy atom. The maximum atomic E-state index is 5.79. The normalized spacial score (nSPS) is 11.4. The highest BCUT2D eigenvalue weighted by molar-refractivity contribution is 5.79. The van der Waals surface area contributed by atoms with E-state index in [4.69, 9.17) is 4.74 Å². The van der Waals surface area contributed by atoms with Gasteiger partial charge < -0.3 is 15.4 Å². The fourth-order valence-electron chi connectivity index (χ4n) is 2.90. The number of rotatable bonds is 10. The van der Waals surface area contributed by atoms with Gasteiger partial charge in [-0.2, -0.15) is 5.10 Å². The first-order chi connectivity index (χ1) is 14.3. The Morgan fingerprint density at radius 1 is 0.931 bits per heavy atom. The number of nitrogens with one attached hydrogen (secondary N) is 2. The van der Waals surface area contributed by atoms with Crippen LogP contribution in [0.25, 0.3) is 0 Å². The molecule has 0 radical (unpaired) electrons. The van der Waals surface area contributed by atoms with Crippen LogP contribution in [0.2, 0.25) is 0 Å². The highest BCUT2D eigenvalue weighted by atomic mass is 16.5. The van der Waals surface area contributed by atoms with Crippen LogP contribution in [0.1, 0.15) is 23.1 Å². The van der Waals surface area contributed by atoms with Gasteiger partial charge >= 0.3 is 0 Å². The summed E-state index contributed by atoms with van der Waals surface area (Å²) in [4.78, 5) is 4.28. The van der Waals surface area contributed by atoms with Crippen molar-refractivity contribution < 1.29 is 4.74 Å². The van der Waals surface area contributed by atoms with Crippen LogP contribution in [-0.2, 0) is 31.0 Å². The molecule has 6 nitrogen and oxygen atoms in total. The van der Waals surface area contributed by atoms with E-state index in [1.165, 1.54) is 16.7 Å². The van der Waals surface area contributed by atoms with Gasteiger partial charge in [-0.1, -0.05) is 54.6 Å². The Labute approximate surface area is 172 Å². The number of aromatic nitrogens is 2. The molecular formula is C23H29N5O. The van der Waals surface area contributed by atoms with E-state index in [0.717, 1.165) is 32.0 Å². The minimum atomic E-state index is 0.613. The molecule has 0 bridgehead atoms. The van der Waals surface area contributed by atoms with Gasteiger partial charge in [0.15, 0.2) is 5.96 Å². The lowest BCUT2D eigenvalue weighted by Gasteiger charge is -2.12. The van der Waals surface area contributed by atoms with Crippen molar-refractivity contribution in [3.8, 4) is 0 Å². The van der Waals surface area contributed by atoms with Gasteiger partial charge in [0.05, 0.1) is 13.2 Å². The minimum Gasteiger partial charge on any atom is -0.372 e. The summed E-state index contributed by atoms with van der Waals surface area (Å²) in [7, 11) is 1.79. The summed E-state index contributed by atoms with van der Waals surface area (Å²) in [5, 5.41) is 10.9. The Kier molecular flexibility index (Phi) is 8.29. The highest BCUT2D eigenvalue weighted by Gasteiger charge is 2.00. The Bertz CT molecular complexity index is 845. The number of hydrogen-bond donors (Lipinski definition) is 2. The van der Waals surface area contributed by atoms with Crippen molar-refractivity contribution in [1.29, 1.82) is 0 Å². The summed E-state index contributed by atoms with van der Waals surface area (Å²) in [5.41, 5.74) is 3.57. The van der Waals surface area contributed by atoms with E-state index < -0.39 is 0 Å². The van der Waals surface area contributed by atoms with Gasteiger partial charge in [-0.3, -0.25) is 9.67 Å². The standard InChI is InChI=1S/C23H29N5O/c1-24-23(25-13-5-15-28-16-6-14-27-28)26-17-20-9-11-22(12-10-20)19-29-18-21-7-3-2-4-8-21/h2-4,6-12,14,16H,5,13,15,17-19H2,1H3,(H2,24,25,26). The number of nitrogens with zero attached hydrogens (tertiary/aromatic N) is 3. The molecule has 0 amide bonds. The SMILES string of the molecule is CN=C(NCCCn1cccn1)NCc1ccc(COCc2ccccc2)cc1. The molecule has 6 heteroatoms. The van der Waals surface area contributed by atoms with Crippen molar-refractivity contribution in [2.75, 3.05) is 13.6 Å². The van der Waals surface area contributed by atoms with Crippen LogP contribution in [0.3, 0.4) is 0 Å². The third-order valence-corrected chi connectivity index (χ3v) is 4.50. The molecule has 0 aliphatic carbocycles. The van der Waals surface area contributed by atoms with Crippen molar-refractivity contribution >= 4 is 5.96 Å². The lowest BCUT2D eigenvalue weighted by Crippen LogP contribution is -2.37. The lowest BCUT2D eigenvalue weighted by molar-refractivity contribution is 0.107. The Balaban J connectivity index is 1.33. The molecule has 0 spiro atoms. The van der Waals surface area contributed by atoms with Crippen molar-refractivity contribution in [2.45, 2.75) is 32.7 Å². The van der Waals surface area contributed by atoms with Gasteiger partial charge in [-0.25, -0.2) is 0 Å². The molecule has 3 aromatic rings. The zero-order valence-electron chi connectivity index (χ0n) is 16.9. The van der Waals surface area contributed by atoms with E-state index in [1.807, 2.05) is 35.1 Å². The summed E-state index contributed by atoms with van der Waals surface area (Å²) in [6, 6.07) is 20.6. The Hall–Kier alpha value is -3.12. The molecule has 0 unspecified atom stereocenters. The minimum absolute atomic E-state index is 0.613. The van der Waals surface area contributed by atoms with Crippen LogP contribution in [0.5, 0.6) is 0 Å². The third kappa shape index (κ3) is 7.43.